The van der Waals surface area contributed by atoms with E-state index in [-0.39, 0.29) is 11.1 Å². The van der Waals surface area contributed by atoms with Gasteiger partial charge in [0.1, 0.15) is 5.69 Å². The molecule has 0 fully saturated rings. The Hall–Kier alpha value is -1.50. The Bertz CT molecular complexity index is 619. The number of fused-ring (bicyclic) bond motifs is 1. The van der Waals surface area contributed by atoms with Crippen LogP contribution in [0.4, 0.5) is 13.2 Å². The summed E-state index contributed by atoms with van der Waals surface area (Å²) >= 11 is 3.13. The van der Waals surface area contributed by atoms with Crippen LogP contribution < -0.4 is 0 Å². The zero-order valence-corrected chi connectivity index (χ0v) is 10.6. The summed E-state index contributed by atoms with van der Waals surface area (Å²) in [7, 11) is 1.20. The van der Waals surface area contributed by atoms with Gasteiger partial charge >= 0.3 is 12.1 Å². The zero-order chi connectivity index (χ0) is 13.5. The molecule has 0 aliphatic rings. The Morgan fingerprint density at radius 2 is 2.00 bits per heavy atom. The van der Waals surface area contributed by atoms with E-state index in [0.717, 1.165) is 6.07 Å². The predicted molar refractivity (Wildman–Crippen MR) is 62.3 cm³/mol. The maximum atomic E-state index is 12.5. The molecule has 0 bridgehead atoms. The third-order valence-corrected chi connectivity index (χ3v) is 3.07. The lowest BCUT2D eigenvalue weighted by Gasteiger charge is -2.01. The number of halogens is 4. The Kier molecular flexibility index (Phi) is 3.10. The van der Waals surface area contributed by atoms with Crippen molar-refractivity contribution in [3.8, 4) is 0 Å². The Morgan fingerprint density at radius 3 is 2.56 bits per heavy atom. The molecule has 3 nitrogen and oxygen atoms in total. The van der Waals surface area contributed by atoms with Crippen molar-refractivity contribution in [2.75, 3.05) is 7.11 Å². The second kappa shape index (κ2) is 4.31. The van der Waals surface area contributed by atoms with Gasteiger partial charge in [-0.2, -0.15) is 13.2 Å². The lowest BCUT2D eigenvalue weighted by Crippen LogP contribution is -2.04. The number of hydrogen-bond donors (Lipinski definition) is 1. The van der Waals surface area contributed by atoms with Gasteiger partial charge in [0.25, 0.3) is 0 Å². The first-order chi connectivity index (χ1) is 8.32. The fraction of sp³-hybridized carbons (Fsp3) is 0.182. The summed E-state index contributed by atoms with van der Waals surface area (Å²) in [6, 6.07) is 3.73. The van der Waals surface area contributed by atoms with E-state index in [4.69, 9.17) is 0 Å². The van der Waals surface area contributed by atoms with Gasteiger partial charge in [0.15, 0.2) is 0 Å². The Morgan fingerprint density at radius 1 is 1.33 bits per heavy atom. The van der Waals surface area contributed by atoms with Gasteiger partial charge in [0.2, 0.25) is 0 Å². The predicted octanol–water partition coefficient (Wildman–Crippen LogP) is 3.74. The van der Waals surface area contributed by atoms with Crippen LogP contribution in [0.25, 0.3) is 10.9 Å². The van der Waals surface area contributed by atoms with Crippen molar-refractivity contribution in [3.05, 3.63) is 33.9 Å². The molecular formula is C11H7BrF3NO2. The number of benzene rings is 1. The lowest BCUT2D eigenvalue weighted by atomic mass is 10.1. The summed E-state index contributed by atoms with van der Waals surface area (Å²) in [6.07, 6.45) is -4.45. The minimum atomic E-state index is -4.45. The van der Waals surface area contributed by atoms with E-state index in [1.165, 1.54) is 19.2 Å². The second-order valence-corrected chi connectivity index (χ2v) is 4.45. The summed E-state index contributed by atoms with van der Waals surface area (Å²) in [5.41, 5.74) is -0.468. The number of carbonyl (C=O) groups is 1. The molecule has 1 aromatic heterocycles. The van der Waals surface area contributed by atoms with Gasteiger partial charge in [0.05, 0.1) is 12.7 Å². The van der Waals surface area contributed by atoms with Gasteiger partial charge in [-0.15, -0.1) is 0 Å². The highest BCUT2D eigenvalue weighted by Crippen LogP contribution is 2.34. The monoisotopic (exact) mass is 321 g/mol. The number of rotatable bonds is 1. The van der Waals surface area contributed by atoms with Gasteiger partial charge in [-0.3, -0.25) is 0 Å². The van der Waals surface area contributed by atoms with Gasteiger partial charge in [-0.25, -0.2) is 4.79 Å². The van der Waals surface area contributed by atoms with E-state index in [1.807, 2.05) is 0 Å². The van der Waals surface area contributed by atoms with Crippen LogP contribution in [0, 0.1) is 0 Å². The summed E-state index contributed by atoms with van der Waals surface area (Å²) in [4.78, 5) is 13.6. The van der Waals surface area contributed by atoms with E-state index in [9.17, 15) is 18.0 Å². The van der Waals surface area contributed by atoms with E-state index in [2.05, 4.69) is 25.7 Å². The molecule has 0 atom stereocenters. The number of hydrogen-bond acceptors (Lipinski definition) is 2. The van der Waals surface area contributed by atoms with Crippen LogP contribution in [-0.4, -0.2) is 18.1 Å². The largest absolute Gasteiger partial charge is 0.465 e. The number of aromatic amines is 1. The number of nitrogens with one attached hydrogen (secondary N) is 1. The minimum Gasteiger partial charge on any atom is -0.465 e. The topological polar surface area (TPSA) is 42.1 Å². The molecule has 0 aliphatic heterocycles. The molecule has 0 saturated heterocycles. The standard InChI is InChI=1S/C11H7BrF3NO2/c1-18-10(17)5-2-7(12)6-4-9(11(13,14)15)16-8(6)3-5/h2-4,16H,1H3. The lowest BCUT2D eigenvalue weighted by molar-refractivity contribution is -0.140. The van der Waals surface area contributed by atoms with Crippen LogP contribution in [0.15, 0.2) is 22.7 Å². The molecule has 0 aliphatic carbocycles. The summed E-state index contributed by atoms with van der Waals surface area (Å²) in [5.74, 6) is -0.610. The number of carbonyl (C=O) groups excluding carboxylic acids is 1. The van der Waals surface area contributed by atoms with Crippen LogP contribution >= 0.6 is 15.9 Å². The molecule has 7 heteroatoms. The first-order valence-electron chi connectivity index (χ1n) is 4.80. The maximum Gasteiger partial charge on any atom is 0.431 e. The average molecular weight is 322 g/mol. The van der Waals surface area contributed by atoms with Crippen LogP contribution in [0.1, 0.15) is 16.1 Å². The number of aromatic nitrogens is 1. The zero-order valence-electron chi connectivity index (χ0n) is 9.06. The molecule has 1 aromatic carbocycles. The van der Waals surface area contributed by atoms with E-state index in [1.54, 1.807) is 0 Å². The molecule has 0 radical (unpaired) electrons. The molecule has 0 spiro atoms. The Labute approximate surface area is 108 Å². The van der Waals surface area contributed by atoms with Crippen molar-refractivity contribution in [1.29, 1.82) is 0 Å². The Balaban J connectivity index is 2.63. The van der Waals surface area contributed by atoms with Crippen molar-refractivity contribution < 1.29 is 22.7 Å². The van der Waals surface area contributed by atoms with Crippen molar-refractivity contribution in [2.45, 2.75) is 6.18 Å². The maximum absolute atomic E-state index is 12.5. The van der Waals surface area contributed by atoms with Gasteiger partial charge < -0.3 is 9.72 Å². The molecular weight excluding hydrogens is 315 g/mol. The average Bonchev–Trinajstić information content (AvgIpc) is 2.72. The molecule has 18 heavy (non-hydrogen) atoms. The smallest absolute Gasteiger partial charge is 0.431 e. The number of alkyl halides is 3. The summed E-state index contributed by atoms with van der Waals surface area (Å²) in [6.45, 7) is 0. The van der Waals surface area contributed by atoms with Crippen molar-refractivity contribution >= 4 is 32.8 Å². The summed E-state index contributed by atoms with van der Waals surface area (Å²) < 4.78 is 42.5. The highest BCUT2D eigenvalue weighted by molar-refractivity contribution is 9.10. The number of methoxy groups -OCH3 is 1. The van der Waals surface area contributed by atoms with Gasteiger partial charge in [-0.05, 0) is 18.2 Å². The number of ether oxygens (including phenoxy) is 1. The van der Waals surface area contributed by atoms with E-state index < -0.39 is 17.8 Å². The fourth-order valence-electron chi connectivity index (χ4n) is 1.58. The van der Waals surface area contributed by atoms with Crippen LogP contribution in [-0.2, 0) is 10.9 Å². The van der Waals surface area contributed by atoms with Gasteiger partial charge in [-0.1, -0.05) is 15.9 Å². The minimum absolute atomic E-state index is 0.174. The number of esters is 1. The first kappa shape index (κ1) is 12.9. The van der Waals surface area contributed by atoms with Crippen LogP contribution in [0.5, 0.6) is 0 Å². The molecule has 2 rings (SSSR count). The second-order valence-electron chi connectivity index (χ2n) is 3.59. The molecule has 2 aromatic rings. The van der Waals surface area contributed by atoms with E-state index in [0.29, 0.717) is 9.86 Å². The first-order valence-corrected chi connectivity index (χ1v) is 5.60. The van der Waals surface area contributed by atoms with E-state index >= 15 is 0 Å². The molecule has 96 valence electrons. The SMILES string of the molecule is COC(=O)c1cc(Br)c2cc(C(F)(F)F)[nH]c2c1. The van der Waals surface area contributed by atoms with Crippen LogP contribution in [0.3, 0.4) is 0 Å². The number of H-pyrrole nitrogens is 1. The van der Waals surface area contributed by atoms with Crippen molar-refractivity contribution in [1.82, 2.24) is 4.98 Å². The fourth-order valence-corrected chi connectivity index (χ4v) is 2.16. The highest BCUT2D eigenvalue weighted by atomic mass is 79.9. The third-order valence-electron chi connectivity index (χ3n) is 2.41. The van der Waals surface area contributed by atoms with Crippen molar-refractivity contribution in [3.63, 3.8) is 0 Å². The highest BCUT2D eigenvalue weighted by Gasteiger charge is 2.32. The normalized spacial score (nSPS) is 11.8. The molecule has 0 unspecified atom stereocenters. The van der Waals surface area contributed by atoms with Crippen molar-refractivity contribution in [2.24, 2.45) is 0 Å². The molecule has 0 saturated carbocycles. The quantitative estimate of drug-likeness (QED) is 0.813. The molecule has 1 heterocycles. The summed E-state index contributed by atoms with van der Waals surface area (Å²) in [5, 5.41) is 0.356. The van der Waals surface area contributed by atoms with Crippen LogP contribution in [0.2, 0.25) is 0 Å². The molecule has 1 N–H and O–H groups in total. The molecule has 0 amide bonds. The third kappa shape index (κ3) is 2.22. The van der Waals surface area contributed by atoms with Gasteiger partial charge in [0, 0.05) is 15.4 Å².